The minimum absolute atomic E-state index is 0.124. The first kappa shape index (κ1) is 25.9. The van der Waals surface area contributed by atoms with E-state index < -0.39 is 11.3 Å². The standard InChI is InChI=1S/C31H34ClFN2O2/c1-21-19-35(17-14-31(21,33)22-8-11-24(32)12-9-22)16-5-7-25-26-6-4-15-34-28(26)20-37-29-13-10-23(18-27(25)29)30(2,3)36/h4,6-13,15,18,21,36H,5,14,16-17,19-20H2,1-3H3/b25-7+. The fourth-order valence-electron chi connectivity index (χ4n) is 5.50. The van der Waals surface area contributed by atoms with E-state index in [0.29, 0.717) is 36.7 Å². The van der Waals surface area contributed by atoms with E-state index in [1.54, 1.807) is 32.2 Å². The van der Waals surface area contributed by atoms with Crippen LogP contribution in [0.3, 0.4) is 0 Å². The second kappa shape index (κ2) is 10.2. The molecule has 0 radical (unpaired) electrons. The Bertz CT molecular complexity index is 1300. The van der Waals surface area contributed by atoms with Crippen molar-refractivity contribution in [1.29, 1.82) is 0 Å². The van der Waals surface area contributed by atoms with Crippen molar-refractivity contribution in [2.75, 3.05) is 19.6 Å². The lowest BCUT2D eigenvalue weighted by Gasteiger charge is -2.41. The second-order valence-corrected chi connectivity index (χ2v) is 11.2. The summed E-state index contributed by atoms with van der Waals surface area (Å²) in [6.45, 7) is 8.21. The second-order valence-electron chi connectivity index (χ2n) is 10.8. The van der Waals surface area contributed by atoms with Crippen LogP contribution in [0.2, 0.25) is 5.02 Å². The third kappa shape index (κ3) is 5.31. The molecule has 1 saturated heterocycles. The fourth-order valence-corrected chi connectivity index (χ4v) is 5.62. The van der Waals surface area contributed by atoms with Crippen molar-refractivity contribution in [3.05, 3.63) is 99.8 Å². The van der Waals surface area contributed by atoms with Crippen LogP contribution in [-0.2, 0) is 17.9 Å². The number of aliphatic hydroxyl groups is 1. The van der Waals surface area contributed by atoms with Crippen molar-refractivity contribution in [3.63, 3.8) is 0 Å². The van der Waals surface area contributed by atoms with Gasteiger partial charge in [-0.1, -0.05) is 48.9 Å². The Morgan fingerprint density at radius 2 is 1.97 bits per heavy atom. The molecular formula is C31H34ClFN2O2. The zero-order valence-corrected chi connectivity index (χ0v) is 22.4. The summed E-state index contributed by atoms with van der Waals surface area (Å²) in [6.07, 6.45) is 5.30. The Morgan fingerprint density at radius 1 is 1.19 bits per heavy atom. The van der Waals surface area contributed by atoms with E-state index in [-0.39, 0.29) is 5.92 Å². The van der Waals surface area contributed by atoms with Gasteiger partial charge in [-0.3, -0.25) is 4.98 Å². The molecule has 0 saturated carbocycles. The Labute approximate surface area is 223 Å². The summed E-state index contributed by atoms with van der Waals surface area (Å²) in [6, 6.07) is 17.1. The summed E-state index contributed by atoms with van der Waals surface area (Å²) in [5.41, 5.74) is 3.22. The van der Waals surface area contributed by atoms with Gasteiger partial charge in [0.15, 0.2) is 0 Å². The predicted molar refractivity (Wildman–Crippen MR) is 146 cm³/mol. The minimum atomic E-state index is -1.34. The third-order valence-electron chi connectivity index (χ3n) is 7.74. The average molecular weight is 521 g/mol. The first-order valence-electron chi connectivity index (χ1n) is 13.0. The van der Waals surface area contributed by atoms with Gasteiger partial charge in [-0.05, 0) is 73.7 Å². The number of piperidine rings is 1. The van der Waals surface area contributed by atoms with E-state index in [1.165, 1.54) is 0 Å². The molecule has 0 spiro atoms. The maximum absolute atomic E-state index is 16.0. The zero-order valence-electron chi connectivity index (χ0n) is 21.7. The van der Waals surface area contributed by atoms with Crippen LogP contribution in [0, 0.1) is 5.92 Å². The number of ether oxygens (including phenoxy) is 1. The molecule has 2 unspecified atom stereocenters. The maximum Gasteiger partial charge on any atom is 0.141 e. The van der Waals surface area contributed by atoms with Crippen LogP contribution in [0.5, 0.6) is 5.75 Å². The molecule has 1 aromatic heterocycles. The summed E-state index contributed by atoms with van der Waals surface area (Å²) in [7, 11) is 0. The minimum Gasteiger partial charge on any atom is -0.487 e. The molecule has 0 bridgehead atoms. The molecule has 37 heavy (non-hydrogen) atoms. The normalized spacial score (nSPS) is 23.2. The van der Waals surface area contributed by atoms with Crippen molar-refractivity contribution in [3.8, 4) is 5.75 Å². The highest BCUT2D eigenvalue weighted by atomic mass is 35.5. The van der Waals surface area contributed by atoms with E-state index in [0.717, 1.165) is 46.7 Å². The van der Waals surface area contributed by atoms with Crippen LogP contribution in [0.1, 0.15) is 61.6 Å². The van der Waals surface area contributed by atoms with E-state index in [2.05, 4.69) is 22.0 Å². The number of rotatable bonds is 5. The molecule has 0 amide bonds. The number of aromatic nitrogens is 1. The maximum atomic E-state index is 16.0. The summed E-state index contributed by atoms with van der Waals surface area (Å²) >= 11 is 6.02. The van der Waals surface area contributed by atoms with E-state index in [1.807, 2.05) is 43.3 Å². The Hall–Kier alpha value is -2.73. The van der Waals surface area contributed by atoms with Gasteiger partial charge in [-0.25, -0.2) is 4.39 Å². The quantitative estimate of drug-likeness (QED) is 0.398. The SMILES string of the molecule is CC1CN(CC/C=C2/c3cc(C(C)(C)O)ccc3OCc3ncccc32)CCC1(F)c1ccc(Cl)cc1. The number of halogens is 2. The number of hydrogen-bond acceptors (Lipinski definition) is 4. The highest BCUT2D eigenvalue weighted by molar-refractivity contribution is 6.30. The molecule has 6 heteroatoms. The molecule has 0 aliphatic carbocycles. The van der Waals surface area contributed by atoms with Crippen molar-refractivity contribution < 1.29 is 14.2 Å². The van der Waals surface area contributed by atoms with E-state index in [4.69, 9.17) is 16.3 Å². The lowest BCUT2D eigenvalue weighted by molar-refractivity contribution is 0.00224. The van der Waals surface area contributed by atoms with Crippen LogP contribution in [0.25, 0.3) is 5.57 Å². The lowest BCUT2D eigenvalue weighted by Crippen LogP contribution is -2.46. The van der Waals surface area contributed by atoms with Gasteiger partial charge in [0.1, 0.15) is 18.0 Å². The van der Waals surface area contributed by atoms with Gasteiger partial charge in [0.05, 0.1) is 11.3 Å². The van der Waals surface area contributed by atoms with Crippen molar-refractivity contribution in [2.24, 2.45) is 5.92 Å². The molecule has 194 valence electrons. The van der Waals surface area contributed by atoms with E-state index in [9.17, 15) is 5.11 Å². The first-order valence-corrected chi connectivity index (χ1v) is 13.3. The van der Waals surface area contributed by atoms with Crippen LogP contribution in [0.4, 0.5) is 4.39 Å². The first-order chi connectivity index (χ1) is 17.6. The van der Waals surface area contributed by atoms with Crippen molar-refractivity contribution in [1.82, 2.24) is 9.88 Å². The van der Waals surface area contributed by atoms with Gasteiger partial charge in [0.25, 0.3) is 0 Å². The number of fused-ring (bicyclic) bond motifs is 2. The number of nitrogens with zero attached hydrogens (tertiary/aromatic N) is 2. The molecule has 3 heterocycles. The summed E-state index contributed by atoms with van der Waals surface area (Å²) in [4.78, 5) is 6.91. The smallest absolute Gasteiger partial charge is 0.141 e. The molecular weight excluding hydrogens is 487 g/mol. The summed E-state index contributed by atoms with van der Waals surface area (Å²) < 4.78 is 22.1. The number of likely N-dealkylation sites (tertiary alicyclic amines) is 1. The van der Waals surface area contributed by atoms with Gasteiger partial charge in [-0.2, -0.15) is 0 Å². The largest absolute Gasteiger partial charge is 0.487 e. The molecule has 2 aromatic carbocycles. The van der Waals surface area contributed by atoms with Gasteiger partial charge >= 0.3 is 0 Å². The fraction of sp³-hybridized carbons (Fsp3) is 0.387. The van der Waals surface area contributed by atoms with Crippen molar-refractivity contribution >= 4 is 17.2 Å². The molecule has 5 rings (SSSR count). The monoisotopic (exact) mass is 520 g/mol. The van der Waals surface area contributed by atoms with Crippen LogP contribution in [-0.4, -0.2) is 34.6 Å². The van der Waals surface area contributed by atoms with Gasteiger partial charge in [0, 0.05) is 47.9 Å². The molecule has 1 N–H and O–H groups in total. The molecule has 2 atom stereocenters. The molecule has 2 aliphatic rings. The molecule has 2 aliphatic heterocycles. The number of alkyl halides is 1. The molecule has 4 nitrogen and oxygen atoms in total. The number of pyridine rings is 1. The number of benzene rings is 2. The summed E-state index contributed by atoms with van der Waals surface area (Å²) in [5.74, 6) is 0.662. The predicted octanol–water partition coefficient (Wildman–Crippen LogP) is 6.88. The Balaban J connectivity index is 1.37. The van der Waals surface area contributed by atoms with Gasteiger partial charge in [-0.15, -0.1) is 0 Å². The van der Waals surface area contributed by atoms with Crippen molar-refractivity contribution in [2.45, 2.75) is 51.5 Å². The van der Waals surface area contributed by atoms with Gasteiger partial charge in [0.2, 0.25) is 0 Å². The van der Waals surface area contributed by atoms with Crippen LogP contribution >= 0.6 is 11.6 Å². The molecule has 1 fully saturated rings. The average Bonchev–Trinajstić information content (AvgIpc) is 3.03. The molecule has 3 aromatic rings. The Kier molecular flexibility index (Phi) is 7.14. The van der Waals surface area contributed by atoms with E-state index >= 15 is 4.39 Å². The summed E-state index contributed by atoms with van der Waals surface area (Å²) in [5, 5.41) is 11.3. The zero-order chi connectivity index (χ0) is 26.2. The van der Waals surface area contributed by atoms with Crippen LogP contribution in [0.15, 0.2) is 66.9 Å². The van der Waals surface area contributed by atoms with Crippen LogP contribution < -0.4 is 4.74 Å². The Morgan fingerprint density at radius 3 is 2.70 bits per heavy atom. The third-order valence-corrected chi connectivity index (χ3v) is 8.00. The highest BCUT2D eigenvalue weighted by Gasteiger charge is 2.42. The highest BCUT2D eigenvalue weighted by Crippen LogP contribution is 2.42. The number of hydrogen-bond donors (Lipinski definition) is 1. The topological polar surface area (TPSA) is 45.6 Å². The van der Waals surface area contributed by atoms with Gasteiger partial charge < -0.3 is 14.7 Å². The lowest BCUT2D eigenvalue weighted by atomic mass is 9.78.